The molecule has 0 spiro atoms. The molecule has 0 aliphatic carbocycles. The van der Waals surface area contributed by atoms with Crippen LogP contribution in [0.4, 0.5) is 5.69 Å². The van der Waals surface area contributed by atoms with E-state index >= 15 is 0 Å². The van der Waals surface area contributed by atoms with Crippen LogP contribution in [0, 0.1) is 10.1 Å². The first-order valence-corrected chi connectivity index (χ1v) is 9.11. The van der Waals surface area contributed by atoms with Crippen LogP contribution in [-0.4, -0.2) is 22.6 Å². The van der Waals surface area contributed by atoms with Gasteiger partial charge in [-0.05, 0) is 36.4 Å². The molecule has 0 saturated heterocycles. The van der Waals surface area contributed by atoms with Gasteiger partial charge in [0.1, 0.15) is 23.0 Å². The Bertz CT molecular complexity index is 1100. The van der Waals surface area contributed by atoms with Crippen LogP contribution in [-0.2, 0) is 4.79 Å². The third-order valence-corrected chi connectivity index (χ3v) is 4.18. The highest BCUT2D eigenvalue weighted by molar-refractivity contribution is 6.35. The van der Waals surface area contributed by atoms with E-state index in [9.17, 15) is 14.9 Å². The predicted octanol–water partition coefficient (Wildman–Crippen LogP) is 5.95. The van der Waals surface area contributed by atoms with Gasteiger partial charge in [0.2, 0.25) is 5.75 Å². The zero-order chi connectivity index (χ0) is 21.7. The zero-order valence-corrected chi connectivity index (χ0v) is 16.6. The molecule has 1 N–H and O–H groups in total. The largest absolute Gasteiger partial charge is 0.482 e. The number of hydrogen-bond donors (Lipinski definition) is 1. The number of hydrogen-bond acceptors (Lipinski definition) is 6. The Hall–Kier alpha value is -3.49. The third kappa shape index (κ3) is 5.53. The number of nitro groups is 1. The molecule has 0 aromatic heterocycles. The summed E-state index contributed by atoms with van der Waals surface area (Å²) in [5, 5.41) is 20.8. The quantitative estimate of drug-likeness (QED) is 0.334. The number of carbonyl (C=O) groups is 1. The summed E-state index contributed by atoms with van der Waals surface area (Å²) in [7, 11) is 0. The van der Waals surface area contributed by atoms with Crippen LogP contribution in [0.15, 0.2) is 60.7 Å². The minimum absolute atomic E-state index is 0.0852. The van der Waals surface area contributed by atoms with Crippen molar-refractivity contribution in [2.45, 2.75) is 0 Å². The lowest BCUT2D eigenvalue weighted by Crippen LogP contribution is -2.09. The second-order valence-corrected chi connectivity index (χ2v) is 6.67. The fourth-order valence-electron chi connectivity index (χ4n) is 2.37. The molecule has 3 aromatic carbocycles. The fraction of sp³-hybridized carbons (Fsp3) is 0.0500. The van der Waals surface area contributed by atoms with E-state index in [1.165, 1.54) is 36.4 Å². The van der Waals surface area contributed by atoms with Crippen LogP contribution >= 0.6 is 23.2 Å². The maximum atomic E-state index is 11.4. The molecule has 0 bridgehead atoms. The molecule has 30 heavy (non-hydrogen) atoms. The lowest BCUT2D eigenvalue weighted by molar-refractivity contribution is -0.385. The van der Waals surface area contributed by atoms with E-state index < -0.39 is 17.5 Å². The van der Waals surface area contributed by atoms with E-state index in [1.54, 1.807) is 24.3 Å². The van der Waals surface area contributed by atoms with Crippen molar-refractivity contribution in [2.24, 2.45) is 0 Å². The van der Waals surface area contributed by atoms with Crippen molar-refractivity contribution < 1.29 is 29.0 Å². The molecule has 10 heteroatoms. The van der Waals surface area contributed by atoms with Gasteiger partial charge in [-0.1, -0.05) is 29.3 Å². The Balaban J connectivity index is 1.87. The van der Waals surface area contributed by atoms with Crippen molar-refractivity contribution in [2.75, 3.05) is 6.61 Å². The van der Waals surface area contributed by atoms with Gasteiger partial charge < -0.3 is 19.3 Å². The smallest absolute Gasteiger partial charge is 0.341 e. The van der Waals surface area contributed by atoms with Gasteiger partial charge in [-0.15, -0.1) is 0 Å². The van der Waals surface area contributed by atoms with Crippen molar-refractivity contribution in [3.8, 4) is 28.7 Å². The first kappa shape index (κ1) is 21.2. The predicted molar refractivity (Wildman–Crippen MR) is 109 cm³/mol. The van der Waals surface area contributed by atoms with Crippen molar-refractivity contribution in [1.82, 2.24) is 0 Å². The molecule has 0 aliphatic rings. The van der Waals surface area contributed by atoms with Crippen LogP contribution in [0.3, 0.4) is 0 Å². The van der Waals surface area contributed by atoms with E-state index in [2.05, 4.69) is 0 Å². The van der Waals surface area contributed by atoms with Crippen molar-refractivity contribution >= 4 is 34.9 Å². The topological polar surface area (TPSA) is 108 Å². The summed E-state index contributed by atoms with van der Waals surface area (Å²) >= 11 is 12.0. The number of carboxylic acid groups (broad SMARTS) is 1. The Morgan fingerprint density at radius 1 is 0.933 bits per heavy atom. The molecule has 0 amide bonds. The van der Waals surface area contributed by atoms with Gasteiger partial charge in [-0.2, -0.15) is 0 Å². The average molecular weight is 450 g/mol. The van der Waals surface area contributed by atoms with Crippen molar-refractivity contribution in [3.63, 3.8) is 0 Å². The monoisotopic (exact) mass is 449 g/mol. The molecular weight excluding hydrogens is 437 g/mol. The van der Waals surface area contributed by atoms with Gasteiger partial charge in [0.25, 0.3) is 0 Å². The first-order chi connectivity index (χ1) is 14.3. The highest BCUT2D eigenvalue weighted by Crippen LogP contribution is 2.38. The molecular formula is C20H13Cl2NO7. The van der Waals surface area contributed by atoms with Gasteiger partial charge >= 0.3 is 11.7 Å². The molecule has 3 aromatic rings. The molecule has 3 rings (SSSR count). The number of nitro benzene ring substituents is 1. The Kier molecular flexibility index (Phi) is 6.61. The van der Waals surface area contributed by atoms with E-state index in [1.807, 2.05) is 0 Å². The fourth-order valence-corrected chi connectivity index (χ4v) is 2.82. The Morgan fingerprint density at radius 2 is 1.63 bits per heavy atom. The summed E-state index contributed by atoms with van der Waals surface area (Å²) in [6.45, 7) is -0.533. The molecule has 8 nitrogen and oxygen atoms in total. The van der Waals surface area contributed by atoms with Crippen LogP contribution < -0.4 is 14.2 Å². The second kappa shape index (κ2) is 9.34. The summed E-state index contributed by atoms with van der Waals surface area (Å²) in [5.41, 5.74) is -0.290. The van der Waals surface area contributed by atoms with E-state index in [0.717, 1.165) is 0 Å². The first-order valence-electron chi connectivity index (χ1n) is 8.35. The SMILES string of the molecule is O=C(O)COc1cccc(Oc2cc(Oc3ccc(Cl)cc3Cl)ccc2[N+](=O)[O-])c1. The van der Waals surface area contributed by atoms with Crippen LogP contribution in [0.2, 0.25) is 10.0 Å². The van der Waals surface area contributed by atoms with Gasteiger partial charge in [-0.3, -0.25) is 10.1 Å². The Labute approximate surface area is 180 Å². The van der Waals surface area contributed by atoms with Crippen molar-refractivity contribution in [3.05, 3.63) is 80.8 Å². The van der Waals surface area contributed by atoms with E-state index in [-0.39, 0.29) is 33.7 Å². The average Bonchev–Trinajstić information content (AvgIpc) is 2.69. The lowest BCUT2D eigenvalue weighted by atomic mass is 10.2. The molecule has 0 aliphatic heterocycles. The second-order valence-electron chi connectivity index (χ2n) is 5.82. The molecule has 0 heterocycles. The highest BCUT2D eigenvalue weighted by atomic mass is 35.5. The summed E-state index contributed by atoms with van der Waals surface area (Å²) in [6.07, 6.45) is 0. The molecule has 154 valence electrons. The van der Waals surface area contributed by atoms with Gasteiger partial charge in [0.05, 0.1) is 9.95 Å². The number of ether oxygens (including phenoxy) is 3. The van der Waals surface area contributed by atoms with Crippen LogP contribution in [0.1, 0.15) is 0 Å². The maximum Gasteiger partial charge on any atom is 0.341 e. The van der Waals surface area contributed by atoms with Gasteiger partial charge in [-0.25, -0.2) is 4.79 Å². The number of rotatable bonds is 8. The summed E-state index contributed by atoms with van der Waals surface area (Å²) in [4.78, 5) is 21.4. The Morgan fingerprint density at radius 3 is 2.33 bits per heavy atom. The number of aliphatic carboxylic acids is 1. The highest BCUT2D eigenvalue weighted by Gasteiger charge is 2.18. The van der Waals surface area contributed by atoms with E-state index in [4.69, 9.17) is 42.5 Å². The van der Waals surface area contributed by atoms with Crippen LogP contribution in [0.5, 0.6) is 28.7 Å². The molecule has 0 saturated carbocycles. The van der Waals surface area contributed by atoms with Gasteiger partial charge in [0, 0.05) is 23.2 Å². The number of carboxylic acids is 1. The summed E-state index contributed by atoms with van der Waals surface area (Å²) in [5.74, 6) is -0.218. The minimum atomic E-state index is -1.14. The van der Waals surface area contributed by atoms with Crippen LogP contribution in [0.25, 0.3) is 0 Å². The minimum Gasteiger partial charge on any atom is -0.482 e. The molecule has 0 unspecified atom stereocenters. The zero-order valence-electron chi connectivity index (χ0n) is 15.1. The normalized spacial score (nSPS) is 10.3. The molecule has 0 radical (unpaired) electrons. The number of nitrogens with zero attached hydrogens (tertiary/aromatic N) is 1. The lowest BCUT2D eigenvalue weighted by Gasteiger charge is -2.11. The number of halogens is 2. The summed E-state index contributed by atoms with van der Waals surface area (Å²) < 4.78 is 16.4. The van der Waals surface area contributed by atoms with E-state index in [0.29, 0.717) is 10.8 Å². The van der Waals surface area contributed by atoms with Crippen molar-refractivity contribution in [1.29, 1.82) is 0 Å². The number of benzene rings is 3. The third-order valence-electron chi connectivity index (χ3n) is 3.65. The summed E-state index contributed by atoms with van der Waals surface area (Å²) in [6, 6.07) is 14.7. The maximum absolute atomic E-state index is 11.4. The molecule has 0 atom stereocenters. The van der Waals surface area contributed by atoms with Gasteiger partial charge in [0.15, 0.2) is 6.61 Å². The molecule has 0 fully saturated rings. The standard InChI is InChI=1S/C20H13Cl2NO7/c21-12-4-7-18(16(22)8-12)29-15-5-6-17(23(26)27)19(10-15)30-14-3-1-2-13(9-14)28-11-20(24)25/h1-10H,11H2,(H,24,25).